The molecule has 0 saturated carbocycles. The van der Waals surface area contributed by atoms with Gasteiger partial charge in [-0.1, -0.05) is 23.7 Å². The molecule has 2 N–H and O–H groups in total. The van der Waals surface area contributed by atoms with Gasteiger partial charge in [-0.05, 0) is 48.9 Å². The fourth-order valence-corrected chi connectivity index (χ4v) is 2.44. The Morgan fingerprint density at radius 1 is 1.12 bits per heavy atom. The average molecular weight is 341 g/mol. The quantitative estimate of drug-likeness (QED) is 0.749. The smallest absolute Gasteiger partial charge is 0.319 e. The van der Waals surface area contributed by atoms with Gasteiger partial charge in [0, 0.05) is 35.3 Å². The highest BCUT2D eigenvalue weighted by molar-refractivity contribution is 6.30. The molecule has 0 fully saturated rings. The Morgan fingerprint density at radius 3 is 2.46 bits per heavy atom. The lowest BCUT2D eigenvalue weighted by molar-refractivity contribution is 0.251. The van der Waals surface area contributed by atoms with Crippen LogP contribution in [-0.4, -0.2) is 15.6 Å². The van der Waals surface area contributed by atoms with E-state index in [9.17, 15) is 4.79 Å². The van der Waals surface area contributed by atoms with E-state index in [1.54, 1.807) is 30.5 Å². The Bertz CT molecular complexity index is 825. The molecule has 0 spiro atoms. The van der Waals surface area contributed by atoms with Crippen LogP contribution in [0.15, 0.2) is 60.9 Å². The van der Waals surface area contributed by atoms with E-state index in [4.69, 9.17) is 11.6 Å². The molecule has 24 heavy (non-hydrogen) atoms. The molecule has 0 bridgehead atoms. The fourth-order valence-electron chi connectivity index (χ4n) is 2.32. The van der Waals surface area contributed by atoms with Crippen LogP contribution >= 0.6 is 11.6 Å². The maximum Gasteiger partial charge on any atom is 0.319 e. The minimum absolute atomic E-state index is 0.258. The standard InChI is InChI=1S/C18H17ClN4O/c1-13-20-10-11-23(13)17-8-2-14(3-9-17)12-21-18(24)22-16-6-4-15(19)5-7-16/h2-11H,12H2,1H3,(H2,21,22,24). The second-order valence-electron chi connectivity index (χ2n) is 5.33. The van der Waals surface area contributed by atoms with Crippen molar-refractivity contribution in [2.45, 2.75) is 13.5 Å². The van der Waals surface area contributed by atoms with Crippen LogP contribution in [0.3, 0.4) is 0 Å². The molecule has 2 amide bonds. The molecule has 0 unspecified atom stereocenters. The second kappa shape index (κ2) is 7.19. The number of carbonyl (C=O) groups is 1. The summed E-state index contributed by atoms with van der Waals surface area (Å²) in [7, 11) is 0. The Hall–Kier alpha value is -2.79. The van der Waals surface area contributed by atoms with Crippen molar-refractivity contribution in [1.29, 1.82) is 0 Å². The van der Waals surface area contributed by atoms with E-state index in [1.807, 2.05) is 42.0 Å². The number of halogens is 1. The molecular weight excluding hydrogens is 324 g/mol. The lowest BCUT2D eigenvalue weighted by Gasteiger charge is -2.09. The number of anilines is 1. The van der Waals surface area contributed by atoms with Crippen LogP contribution in [-0.2, 0) is 6.54 Å². The van der Waals surface area contributed by atoms with Gasteiger partial charge in [0.05, 0.1) is 0 Å². The first-order chi connectivity index (χ1) is 11.6. The summed E-state index contributed by atoms with van der Waals surface area (Å²) in [5, 5.41) is 6.22. The summed E-state index contributed by atoms with van der Waals surface area (Å²) < 4.78 is 2.00. The van der Waals surface area contributed by atoms with Gasteiger partial charge < -0.3 is 15.2 Å². The van der Waals surface area contributed by atoms with Crippen molar-refractivity contribution in [3.63, 3.8) is 0 Å². The normalized spacial score (nSPS) is 10.4. The molecule has 1 aromatic heterocycles. The van der Waals surface area contributed by atoms with Crippen molar-refractivity contribution in [3.05, 3.63) is 77.3 Å². The van der Waals surface area contributed by atoms with Crippen LogP contribution in [0.5, 0.6) is 0 Å². The molecule has 1 heterocycles. The molecule has 2 aromatic carbocycles. The molecule has 5 nitrogen and oxygen atoms in total. The van der Waals surface area contributed by atoms with E-state index >= 15 is 0 Å². The lowest BCUT2D eigenvalue weighted by atomic mass is 10.2. The zero-order valence-corrected chi connectivity index (χ0v) is 13.9. The Kier molecular flexibility index (Phi) is 4.82. The number of hydrogen-bond donors (Lipinski definition) is 2. The van der Waals surface area contributed by atoms with Crippen molar-refractivity contribution in [1.82, 2.24) is 14.9 Å². The number of nitrogens with zero attached hydrogens (tertiary/aromatic N) is 2. The largest absolute Gasteiger partial charge is 0.334 e. The van der Waals surface area contributed by atoms with Crippen molar-refractivity contribution >= 4 is 23.3 Å². The number of aryl methyl sites for hydroxylation is 1. The Balaban J connectivity index is 1.55. The summed E-state index contributed by atoms with van der Waals surface area (Å²) in [5.41, 5.74) is 2.75. The van der Waals surface area contributed by atoms with Crippen LogP contribution in [0, 0.1) is 6.92 Å². The maximum absolute atomic E-state index is 11.9. The van der Waals surface area contributed by atoms with Crippen LogP contribution in [0.25, 0.3) is 5.69 Å². The van der Waals surface area contributed by atoms with E-state index < -0.39 is 0 Å². The first-order valence-corrected chi connectivity index (χ1v) is 7.89. The molecule has 3 aromatic rings. The van der Waals surface area contributed by atoms with Crippen molar-refractivity contribution < 1.29 is 4.79 Å². The zero-order valence-electron chi connectivity index (χ0n) is 13.2. The molecule has 122 valence electrons. The van der Waals surface area contributed by atoms with Gasteiger partial charge in [-0.25, -0.2) is 9.78 Å². The SMILES string of the molecule is Cc1nccn1-c1ccc(CNC(=O)Nc2ccc(Cl)cc2)cc1. The predicted octanol–water partition coefficient (Wildman–Crippen LogP) is 4.16. The summed E-state index contributed by atoms with van der Waals surface area (Å²) in [5.74, 6) is 0.934. The first kappa shape index (κ1) is 16.1. The van der Waals surface area contributed by atoms with E-state index in [0.717, 1.165) is 17.1 Å². The topological polar surface area (TPSA) is 59.0 Å². The minimum atomic E-state index is -0.258. The molecule has 3 rings (SSSR count). The third-order valence-corrected chi connectivity index (χ3v) is 3.85. The van der Waals surface area contributed by atoms with Crippen LogP contribution in [0.4, 0.5) is 10.5 Å². The molecular formula is C18H17ClN4O. The van der Waals surface area contributed by atoms with E-state index in [1.165, 1.54) is 0 Å². The zero-order chi connectivity index (χ0) is 16.9. The van der Waals surface area contributed by atoms with Gasteiger partial charge >= 0.3 is 6.03 Å². The summed E-state index contributed by atoms with van der Waals surface area (Å²) >= 11 is 5.81. The first-order valence-electron chi connectivity index (χ1n) is 7.51. The van der Waals surface area contributed by atoms with Crippen LogP contribution in [0.1, 0.15) is 11.4 Å². The number of hydrogen-bond acceptors (Lipinski definition) is 2. The number of aromatic nitrogens is 2. The number of amides is 2. The predicted molar refractivity (Wildman–Crippen MR) is 95.6 cm³/mol. The van der Waals surface area contributed by atoms with Crippen LogP contribution in [0.2, 0.25) is 5.02 Å². The highest BCUT2D eigenvalue weighted by Crippen LogP contribution is 2.14. The minimum Gasteiger partial charge on any atom is -0.334 e. The monoisotopic (exact) mass is 340 g/mol. The molecule has 6 heteroatoms. The summed E-state index contributed by atoms with van der Waals surface area (Å²) in [6.45, 7) is 2.40. The van der Waals surface area contributed by atoms with E-state index in [0.29, 0.717) is 17.3 Å². The Morgan fingerprint density at radius 2 is 1.83 bits per heavy atom. The van der Waals surface area contributed by atoms with Gasteiger partial charge in [-0.15, -0.1) is 0 Å². The molecule has 0 aliphatic rings. The Labute approximate surface area is 145 Å². The van der Waals surface area contributed by atoms with Gasteiger partial charge in [0.1, 0.15) is 5.82 Å². The van der Waals surface area contributed by atoms with Crippen molar-refractivity contribution in [3.8, 4) is 5.69 Å². The molecule has 0 saturated heterocycles. The van der Waals surface area contributed by atoms with Gasteiger partial charge in [0.2, 0.25) is 0 Å². The highest BCUT2D eigenvalue weighted by Gasteiger charge is 2.03. The number of imidazole rings is 1. The van der Waals surface area contributed by atoms with Gasteiger partial charge in [-0.2, -0.15) is 0 Å². The third-order valence-electron chi connectivity index (χ3n) is 3.60. The maximum atomic E-state index is 11.9. The second-order valence-corrected chi connectivity index (χ2v) is 5.76. The average Bonchev–Trinajstić information content (AvgIpc) is 3.02. The number of urea groups is 1. The van der Waals surface area contributed by atoms with Crippen molar-refractivity contribution in [2.24, 2.45) is 0 Å². The van der Waals surface area contributed by atoms with E-state index in [2.05, 4.69) is 15.6 Å². The highest BCUT2D eigenvalue weighted by atomic mass is 35.5. The number of benzene rings is 2. The van der Waals surface area contributed by atoms with Gasteiger partial charge in [0.15, 0.2) is 0 Å². The van der Waals surface area contributed by atoms with Gasteiger partial charge in [-0.3, -0.25) is 0 Å². The molecule has 0 radical (unpaired) electrons. The summed E-state index contributed by atoms with van der Waals surface area (Å²) in [6.07, 6.45) is 3.69. The summed E-state index contributed by atoms with van der Waals surface area (Å²) in [4.78, 5) is 16.1. The number of carbonyl (C=O) groups excluding carboxylic acids is 1. The number of rotatable bonds is 4. The molecule has 0 aliphatic carbocycles. The van der Waals surface area contributed by atoms with Crippen LogP contribution < -0.4 is 10.6 Å². The fraction of sp³-hybridized carbons (Fsp3) is 0.111. The number of nitrogens with one attached hydrogen (secondary N) is 2. The van der Waals surface area contributed by atoms with Gasteiger partial charge in [0.25, 0.3) is 0 Å². The van der Waals surface area contributed by atoms with E-state index in [-0.39, 0.29) is 6.03 Å². The van der Waals surface area contributed by atoms with Crippen molar-refractivity contribution in [2.75, 3.05) is 5.32 Å². The molecule has 0 aliphatic heterocycles. The third kappa shape index (κ3) is 3.94. The summed E-state index contributed by atoms with van der Waals surface area (Å²) in [6, 6.07) is 14.7. The lowest BCUT2D eigenvalue weighted by Crippen LogP contribution is -2.28. The molecule has 0 atom stereocenters.